The third-order valence-corrected chi connectivity index (χ3v) is 8.69. The number of hydrogen-bond acceptors (Lipinski definition) is 13. The third-order valence-electron chi connectivity index (χ3n) is 8.69. The lowest BCUT2D eigenvalue weighted by Crippen LogP contribution is -2.64. The average Bonchev–Trinajstić information content (AvgIpc) is 3.05. The molecule has 13 heteroatoms. The highest BCUT2D eigenvalue weighted by Crippen LogP contribution is 2.29. The molecule has 5 unspecified atom stereocenters. The molecule has 2 heterocycles. The quantitative estimate of drug-likeness (QED) is 0.0693. The maximum Gasteiger partial charge on any atom is 0.187 e. The minimum atomic E-state index is -1.73. The Labute approximate surface area is 268 Å². The molecule has 2 rings (SSSR count). The van der Waals surface area contributed by atoms with E-state index < -0.39 is 80.7 Å². The summed E-state index contributed by atoms with van der Waals surface area (Å²) in [6, 6.07) is 0. The number of unbranched alkanes of at least 4 members (excludes halogenated alkanes) is 13. The number of methoxy groups -OCH3 is 1. The van der Waals surface area contributed by atoms with Crippen LogP contribution in [0.5, 0.6) is 0 Å². The fourth-order valence-corrected chi connectivity index (χ4v) is 5.69. The zero-order valence-electron chi connectivity index (χ0n) is 27.4. The average molecular weight is 655 g/mol. The molecule has 7 N–H and O–H groups in total. The van der Waals surface area contributed by atoms with Crippen LogP contribution < -0.4 is 0 Å². The van der Waals surface area contributed by atoms with Crippen LogP contribution in [0.3, 0.4) is 0 Å². The van der Waals surface area contributed by atoms with E-state index in [1.807, 2.05) is 0 Å². The van der Waals surface area contributed by atoms with Gasteiger partial charge in [0.05, 0.1) is 26.4 Å². The van der Waals surface area contributed by atoms with Gasteiger partial charge >= 0.3 is 0 Å². The Morgan fingerprint density at radius 2 is 1.09 bits per heavy atom. The van der Waals surface area contributed by atoms with Crippen molar-refractivity contribution in [1.29, 1.82) is 0 Å². The zero-order chi connectivity index (χ0) is 33.0. The van der Waals surface area contributed by atoms with Crippen LogP contribution in [0, 0.1) is 0 Å². The Morgan fingerprint density at radius 3 is 1.62 bits per heavy atom. The molecule has 0 aliphatic carbocycles. The van der Waals surface area contributed by atoms with E-state index in [1.165, 1.54) is 84.2 Å². The van der Waals surface area contributed by atoms with E-state index in [4.69, 9.17) is 28.4 Å². The lowest BCUT2D eigenvalue weighted by atomic mass is 9.97. The van der Waals surface area contributed by atoms with Gasteiger partial charge in [-0.05, 0) is 6.42 Å². The fraction of sp³-hybridized carbons (Fsp3) is 1.00. The molecule has 13 nitrogen and oxygen atoms in total. The standard InChI is InChI=1S/C32H62O13/c1-3-4-5-6-7-8-9-10-11-12-13-14-15-16-17-41-20-22(40-2)21-42-31-29(39)27(37)30(24(19-34)44-31)45-32-28(38)26(36)25(35)23(18-33)43-32/h22-39H,3-21H2,1-2H3/t22?,23?,24?,25-,26?,27?,28-,29-,30+,31+,32-/m1/s1. The van der Waals surface area contributed by atoms with Crippen molar-refractivity contribution in [3.05, 3.63) is 0 Å². The molecule has 0 aromatic heterocycles. The number of aliphatic hydroxyl groups is 7. The van der Waals surface area contributed by atoms with E-state index in [2.05, 4.69) is 6.92 Å². The van der Waals surface area contributed by atoms with Crippen LogP contribution in [0.2, 0.25) is 0 Å². The van der Waals surface area contributed by atoms with Gasteiger partial charge in [-0.2, -0.15) is 0 Å². The van der Waals surface area contributed by atoms with Crippen molar-refractivity contribution in [3.8, 4) is 0 Å². The number of hydrogen-bond donors (Lipinski definition) is 7. The van der Waals surface area contributed by atoms with Gasteiger partial charge in [-0.15, -0.1) is 0 Å². The fourth-order valence-electron chi connectivity index (χ4n) is 5.69. The Hall–Kier alpha value is -0.520. The van der Waals surface area contributed by atoms with Crippen LogP contribution in [-0.4, -0.2) is 143 Å². The van der Waals surface area contributed by atoms with E-state index in [0.29, 0.717) is 6.61 Å². The lowest BCUT2D eigenvalue weighted by molar-refractivity contribution is -0.360. The Balaban J connectivity index is 1.61. The first kappa shape index (κ1) is 40.7. The van der Waals surface area contributed by atoms with Crippen molar-refractivity contribution >= 4 is 0 Å². The van der Waals surface area contributed by atoms with E-state index in [0.717, 1.165) is 12.8 Å². The van der Waals surface area contributed by atoms with Crippen molar-refractivity contribution in [2.24, 2.45) is 0 Å². The maximum absolute atomic E-state index is 10.7. The van der Waals surface area contributed by atoms with Gasteiger partial charge in [-0.3, -0.25) is 0 Å². The second-order valence-electron chi connectivity index (χ2n) is 12.4. The van der Waals surface area contributed by atoms with E-state index in [-0.39, 0.29) is 13.2 Å². The molecule has 0 saturated carbocycles. The summed E-state index contributed by atoms with van der Waals surface area (Å²) in [6.07, 6.45) is 2.60. The molecule has 2 aliphatic heterocycles. The third kappa shape index (κ3) is 14.2. The molecule has 0 bridgehead atoms. The molecule has 2 saturated heterocycles. The SMILES string of the molecule is CCCCCCCCCCCCCCCCOCC(CO[C@H]1OC(CO)[C@H](O[C@H]2OC(CO)[C@@H](O)C(O)[C@H]2O)C(O)[C@H]1O)OC. The predicted molar refractivity (Wildman–Crippen MR) is 164 cm³/mol. The van der Waals surface area contributed by atoms with Crippen molar-refractivity contribution in [2.45, 2.75) is 164 Å². The largest absolute Gasteiger partial charge is 0.394 e. The zero-order valence-corrected chi connectivity index (χ0v) is 27.4. The normalized spacial score (nSPS) is 33.0. The van der Waals surface area contributed by atoms with Crippen molar-refractivity contribution in [2.75, 3.05) is 40.1 Å². The molecular weight excluding hydrogens is 592 g/mol. The maximum atomic E-state index is 10.7. The first-order chi connectivity index (χ1) is 21.8. The van der Waals surface area contributed by atoms with Gasteiger partial charge in [-0.25, -0.2) is 0 Å². The Bertz CT molecular complexity index is 715. The highest BCUT2D eigenvalue weighted by molar-refractivity contribution is 4.94. The molecule has 0 amide bonds. The van der Waals surface area contributed by atoms with Crippen molar-refractivity contribution < 1.29 is 64.2 Å². The number of rotatable bonds is 25. The summed E-state index contributed by atoms with van der Waals surface area (Å²) in [5, 5.41) is 70.9. The summed E-state index contributed by atoms with van der Waals surface area (Å²) < 4.78 is 33.4. The smallest absolute Gasteiger partial charge is 0.187 e. The molecule has 11 atom stereocenters. The van der Waals surface area contributed by atoms with Gasteiger partial charge in [0, 0.05) is 13.7 Å². The molecular formula is C32H62O13. The molecule has 0 spiro atoms. The van der Waals surface area contributed by atoms with Gasteiger partial charge in [0.15, 0.2) is 12.6 Å². The van der Waals surface area contributed by atoms with Gasteiger partial charge in [-0.1, -0.05) is 90.4 Å². The van der Waals surface area contributed by atoms with E-state index in [1.54, 1.807) is 0 Å². The van der Waals surface area contributed by atoms with Gasteiger partial charge in [0.25, 0.3) is 0 Å². The highest BCUT2D eigenvalue weighted by Gasteiger charge is 2.50. The van der Waals surface area contributed by atoms with Crippen LogP contribution in [0.4, 0.5) is 0 Å². The van der Waals surface area contributed by atoms with Crippen molar-refractivity contribution in [3.63, 3.8) is 0 Å². The molecule has 45 heavy (non-hydrogen) atoms. The topological polar surface area (TPSA) is 197 Å². The molecule has 0 aromatic rings. The van der Waals surface area contributed by atoms with Crippen LogP contribution in [0.15, 0.2) is 0 Å². The van der Waals surface area contributed by atoms with Crippen molar-refractivity contribution in [1.82, 2.24) is 0 Å². The van der Waals surface area contributed by atoms with Crippen LogP contribution in [0.1, 0.15) is 96.8 Å². The molecule has 0 radical (unpaired) electrons. The first-order valence-corrected chi connectivity index (χ1v) is 17.1. The first-order valence-electron chi connectivity index (χ1n) is 17.1. The second-order valence-corrected chi connectivity index (χ2v) is 12.4. The van der Waals surface area contributed by atoms with Gasteiger partial charge < -0.3 is 64.2 Å². The lowest BCUT2D eigenvalue weighted by Gasteiger charge is -2.46. The summed E-state index contributed by atoms with van der Waals surface area (Å²) in [7, 11) is 1.51. The number of aliphatic hydroxyl groups excluding tert-OH is 7. The predicted octanol–water partition coefficient (Wildman–Crippen LogP) is 1.14. The summed E-state index contributed by atoms with van der Waals surface area (Å²) >= 11 is 0. The summed E-state index contributed by atoms with van der Waals surface area (Å²) in [4.78, 5) is 0. The molecule has 2 aliphatic rings. The van der Waals surface area contributed by atoms with E-state index >= 15 is 0 Å². The monoisotopic (exact) mass is 654 g/mol. The van der Waals surface area contributed by atoms with E-state index in [9.17, 15) is 35.7 Å². The Kier molecular flexibility index (Phi) is 21.5. The minimum Gasteiger partial charge on any atom is -0.394 e. The summed E-state index contributed by atoms with van der Waals surface area (Å²) in [5.41, 5.74) is 0. The minimum absolute atomic E-state index is 0.0138. The molecule has 2 fully saturated rings. The van der Waals surface area contributed by atoms with Crippen LogP contribution in [0.25, 0.3) is 0 Å². The Morgan fingerprint density at radius 1 is 0.578 bits per heavy atom. The second kappa shape index (κ2) is 23.7. The van der Waals surface area contributed by atoms with Crippen LogP contribution >= 0.6 is 0 Å². The highest BCUT2D eigenvalue weighted by atomic mass is 16.7. The summed E-state index contributed by atoms with van der Waals surface area (Å²) in [5.74, 6) is 0. The molecule has 0 aromatic carbocycles. The summed E-state index contributed by atoms with van der Waals surface area (Å²) in [6.45, 7) is 1.81. The molecule has 268 valence electrons. The van der Waals surface area contributed by atoms with Crippen LogP contribution in [-0.2, 0) is 28.4 Å². The number of ether oxygens (including phenoxy) is 6. The van der Waals surface area contributed by atoms with Gasteiger partial charge in [0.1, 0.15) is 54.9 Å². The van der Waals surface area contributed by atoms with Gasteiger partial charge in [0.2, 0.25) is 0 Å².